The zero-order chi connectivity index (χ0) is 24.7. The Kier molecular flexibility index (Phi) is 8.83. The molecule has 1 heterocycles. The van der Waals surface area contributed by atoms with Gasteiger partial charge < -0.3 is 10.6 Å². The number of hydrogen-bond donors (Lipinski definition) is 2. The molecule has 7 nitrogen and oxygen atoms in total. The van der Waals surface area contributed by atoms with Gasteiger partial charge in [-0.2, -0.15) is 0 Å². The number of nitrogens with zero attached hydrogens (tertiary/aromatic N) is 2. The van der Waals surface area contributed by atoms with Crippen molar-refractivity contribution in [2.24, 2.45) is 0 Å². The first kappa shape index (κ1) is 25.9. The number of carbonyl (C=O) groups excluding carboxylic acids is 3. The second kappa shape index (κ2) is 11.6. The summed E-state index contributed by atoms with van der Waals surface area (Å²) in [6.45, 7) is 9.43. The summed E-state index contributed by atoms with van der Waals surface area (Å²) in [5, 5.41) is 6.31. The van der Waals surface area contributed by atoms with Crippen LogP contribution in [0.25, 0.3) is 0 Å². The van der Waals surface area contributed by atoms with Crippen LogP contribution in [0.3, 0.4) is 0 Å². The lowest BCUT2D eigenvalue weighted by Gasteiger charge is -2.25. The Morgan fingerprint density at radius 1 is 0.882 bits per heavy atom. The van der Waals surface area contributed by atoms with Crippen molar-refractivity contribution in [1.29, 1.82) is 0 Å². The molecule has 0 bridgehead atoms. The highest BCUT2D eigenvalue weighted by Gasteiger charge is 2.22. The number of hydrogen-bond acceptors (Lipinski definition) is 5. The second-order valence-electron chi connectivity index (χ2n) is 9.64. The third-order valence-electron chi connectivity index (χ3n) is 5.47. The van der Waals surface area contributed by atoms with Crippen molar-refractivity contribution in [2.75, 3.05) is 44.6 Å². The van der Waals surface area contributed by atoms with Crippen molar-refractivity contribution < 1.29 is 14.4 Å². The number of carbonyl (C=O) groups is 3. The van der Waals surface area contributed by atoms with Crippen LogP contribution in [0, 0.1) is 0 Å². The van der Waals surface area contributed by atoms with Gasteiger partial charge in [-0.15, -0.1) is 0 Å². The van der Waals surface area contributed by atoms with E-state index in [4.69, 9.17) is 11.6 Å². The molecule has 1 aliphatic heterocycles. The van der Waals surface area contributed by atoms with Gasteiger partial charge >= 0.3 is 0 Å². The molecular weight excluding hydrogens is 452 g/mol. The van der Waals surface area contributed by atoms with Crippen molar-refractivity contribution in [1.82, 2.24) is 15.1 Å². The maximum Gasteiger partial charge on any atom is 0.238 e. The number of halogens is 1. The summed E-state index contributed by atoms with van der Waals surface area (Å²) >= 11 is 6.14. The van der Waals surface area contributed by atoms with Gasteiger partial charge in [0.1, 0.15) is 0 Å². The Hall–Kier alpha value is -2.74. The molecule has 2 aromatic carbocycles. The Labute approximate surface area is 206 Å². The molecular formula is C26H33ClN4O3. The first-order chi connectivity index (χ1) is 16.1. The maximum absolute atomic E-state index is 13.0. The molecule has 0 radical (unpaired) electrons. The summed E-state index contributed by atoms with van der Waals surface area (Å²) < 4.78 is 0. The van der Waals surface area contributed by atoms with E-state index in [-0.39, 0.29) is 29.7 Å². The van der Waals surface area contributed by atoms with Crippen LogP contribution in [0.2, 0.25) is 5.02 Å². The zero-order valence-electron chi connectivity index (χ0n) is 20.1. The fraction of sp³-hybridized carbons (Fsp3) is 0.423. The first-order valence-electron chi connectivity index (χ1n) is 11.6. The van der Waals surface area contributed by atoms with Crippen LogP contribution in [0.15, 0.2) is 48.5 Å². The number of rotatable bonds is 7. The molecule has 2 N–H and O–H groups in total. The lowest BCUT2D eigenvalue weighted by molar-refractivity contribution is -0.123. The zero-order valence-corrected chi connectivity index (χ0v) is 20.8. The van der Waals surface area contributed by atoms with E-state index in [2.05, 4.69) is 20.4 Å². The minimum Gasteiger partial charge on any atom is -0.350 e. The second-order valence-corrected chi connectivity index (χ2v) is 10.1. The lowest BCUT2D eigenvalue weighted by Crippen LogP contribution is -2.46. The quantitative estimate of drug-likeness (QED) is 0.588. The molecule has 0 aromatic heterocycles. The van der Waals surface area contributed by atoms with E-state index in [0.717, 1.165) is 19.5 Å². The lowest BCUT2D eigenvalue weighted by atomic mass is 10.0. The Morgan fingerprint density at radius 2 is 1.50 bits per heavy atom. The number of ketones is 1. The molecule has 8 heteroatoms. The van der Waals surface area contributed by atoms with Crippen LogP contribution in [-0.2, 0) is 9.59 Å². The number of nitrogens with one attached hydrogen (secondary N) is 2. The molecule has 0 spiro atoms. The summed E-state index contributed by atoms with van der Waals surface area (Å²) in [6, 6.07) is 13.8. The summed E-state index contributed by atoms with van der Waals surface area (Å²) in [7, 11) is 0. The first-order valence-corrected chi connectivity index (χ1v) is 11.9. The monoisotopic (exact) mass is 484 g/mol. The number of anilines is 1. The molecule has 0 saturated carbocycles. The van der Waals surface area contributed by atoms with Crippen molar-refractivity contribution in [3.05, 3.63) is 64.7 Å². The Morgan fingerprint density at radius 3 is 2.12 bits per heavy atom. The molecule has 2 amide bonds. The highest BCUT2D eigenvalue weighted by atomic mass is 35.5. The van der Waals surface area contributed by atoms with Gasteiger partial charge in [-0.1, -0.05) is 41.9 Å². The number of benzene rings is 2. The van der Waals surface area contributed by atoms with E-state index in [0.29, 0.717) is 41.5 Å². The van der Waals surface area contributed by atoms with Gasteiger partial charge in [0.2, 0.25) is 11.8 Å². The smallest absolute Gasteiger partial charge is 0.238 e. The third kappa shape index (κ3) is 7.94. The predicted molar refractivity (Wildman–Crippen MR) is 135 cm³/mol. The molecule has 0 aliphatic carbocycles. The van der Waals surface area contributed by atoms with Crippen molar-refractivity contribution in [3.8, 4) is 0 Å². The van der Waals surface area contributed by atoms with Gasteiger partial charge in [-0.3, -0.25) is 24.2 Å². The summed E-state index contributed by atoms with van der Waals surface area (Å²) in [6.07, 6.45) is 0.870. The molecule has 1 saturated heterocycles. The minimum atomic E-state index is -0.254. The Bertz CT molecular complexity index is 1020. The van der Waals surface area contributed by atoms with Crippen molar-refractivity contribution >= 4 is 34.9 Å². The average molecular weight is 485 g/mol. The van der Waals surface area contributed by atoms with Gasteiger partial charge in [-0.25, -0.2) is 0 Å². The van der Waals surface area contributed by atoms with Gasteiger partial charge in [-0.05, 0) is 58.5 Å². The van der Waals surface area contributed by atoms with Crippen LogP contribution >= 0.6 is 11.6 Å². The minimum absolute atomic E-state index is 0.0112. The highest BCUT2D eigenvalue weighted by Crippen LogP contribution is 2.24. The molecule has 2 aromatic rings. The van der Waals surface area contributed by atoms with Crippen LogP contribution in [-0.4, -0.2) is 72.2 Å². The van der Waals surface area contributed by atoms with E-state index in [1.54, 1.807) is 42.5 Å². The summed E-state index contributed by atoms with van der Waals surface area (Å²) in [5.41, 5.74) is 1.08. The molecule has 1 fully saturated rings. The Balaban J connectivity index is 1.58. The SMILES string of the molecule is CC(C)(C)NC(=O)CN1CCCN(CC(=O)Nc2ccc(Cl)cc2C(=O)c2ccccc2)CC1. The van der Waals surface area contributed by atoms with Crippen LogP contribution in [0.1, 0.15) is 43.1 Å². The van der Waals surface area contributed by atoms with E-state index >= 15 is 0 Å². The van der Waals surface area contributed by atoms with E-state index in [1.807, 2.05) is 26.8 Å². The van der Waals surface area contributed by atoms with Gasteiger partial charge in [0, 0.05) is 34.8 Å². The van der Waals surface area contributed by atoms with Crippen molar-refractivity contribution in [2.45, 2.75) is 32.7 Å². The van der Waals surface area contributed by atoms with Crippen LogP contribution in [0.5, 0.6) is 0 Å². The third-order valence-corrected chi connectivity index (χ3v) is 5.70. The molecule has 0 atom stereocenters. The predicted octanol–water partition coefficient (Wildman–Crippen LogP) is 3.43. The van der Waals surface area contributed by atoms with E-state index < -0.39 is 0 Å². The van der Waals surface area contributed by atoms with Gasteiger partial charge in [0.05, 0.1) is 18.8 Å². The van der Waals surface area contributed by atoms with E-state index in [9.17, 15) is 14.4 Å². The maximum atomic E-state index is 13.0. The number of amides is 2. The molecule has 34 heavy (non-hydrogen) atoms. The fourth-order valence-corrected chi connectivity index (χ4v) is 4.12. The standard InChI is InChI=1S/C26H33ClN4O3/c1-26(2,3)29-24(33)18-31-13-7-12-30(14-15-31)17-23(32)28-22-11-10-20(27)16-21(22)25(34)19-8-5-4-6-9-19/h4-6,8-11,16H,7,12-15,17-18H2,1-3H3,(H,28,32)(H,29,33). The highest BCUT2D eigenvalue weighted by molar-refractivity contribution is 6.31. The van der Waals surface area contributed by atoms with Gasteiger partial charge in [0.25, 0.3) is 0 Å². The largest absolute Gasteiger partial charge is 0.350 e. The van der Waals surface area contributed by atoms with Crippen molar-refractivity contribution in [3.63, 3.8) is 0 Å². The molecule has 182 valence electrons. The average Bonchev–Trinajstić information content (AvgIpc) is 2.98. The molecule has 3 rings (SSSR count). The fourth-order valence-electron chi connectivity index (χ4n) is 3.95. The summed E-state index contributed by atoms with van der Waals surface area (Å²) in [5.74, 6) is -0.377. The normalized spacial score (nSPS) is 15.4. The summed E-state index contributed by atoms with van der Waals surface area (Å²) in [4.78, 5) is 42.3. The molecule has 0 unspecified atom stereocenters. The van der Waals surface area contributed by atoms with Crippen LogP contribution < -0.4 is 10.6 Å². The topological polar surface area (TPSA) is 81.8 Å². The van der Waals surface area contributed by atoms with Crippen LogP contribution in [0.4, 0.5) is 5.69 Å². The van der Waals surface area contributed by atoms with E-state index in [1.165, 1.54) is 0 Å². The van der Waals surface area contributed by atoms with Gasteiger partial charge in [0.15, 0.2) is 5.78 Å². The molecule has 1 aliphatic rings.